The third-order valence-electron chi connectivity index (χ3n) is 5.46. The van der Waals surface area contributed by atoms with E-state index in [0.717, 1.165) is 17.9 Å². The third kappa shape index (κ3) is 3.30. The minimum absolute atomic E-state index is 0.252. The van der Waals surface area contributed by atoms with Crippen LogP contribution in [0.4, 0.5) is 0 Å². The van der Waals surface area contributed by atoms with E-state index in [1.165, 1.54) is 64.2 Å². The lowest BCUT2D eigenvalue weighted by Gasteiger charge is -2.44. The van der Waals surface area contributed by atoms with Crippen LogP contribution in [0.15, 0.2) is 0 Å². The van der Waals surface area contributed by atoms with Crippen molar-refractivity contribution in [3.8, 4) is 0 Å². The van der Waals surface area contributed by atoms with Crippen molar-refractivity contribution in [2.45, 2.75) is 87.1 Å². The molecule has 0 bridgehead atoms. The second-order valence-electron chi connectivity index (χ2n) is 6.76. The zero-order chi connectivity index (χ0) is 13.1. The fraction of sp³-hybridized carbons (Fsp3) is 1.00. The van der Waals surface area contributed by atoms with E-state index in [9.17, 15) is 0 Å². The van der Waals surface area contributed by atoms with Gasteiger partial charge in [-0.3, -0.25) is 0 Å². The molecule has 3 fully saturated rings. The normalized spacial score (nSPS) is 38.7. The van der Waals surface area contributed by atoms with Crippen molar-refractivity contribution < 1.29 is 4.74 Å². The average molecular weight is 283 g/mol. The van der Waals surface area contributed by atoms with Crippen molar-refractivity contribution >= 4 is 11.8 Å². The number of ether oxygens (including phenoxy) is 1. The molecule has 19 heavy (non-hydrogen) atoms. The van der Waals surface area contributed by atoms with Gasteiger partial charge in [-0.1, -0.05) is 25.7 Å². The quantitative estimate of drug-likeness (QED) is 0.852. The lowest BCUT2D eigenvalue weighted by Crippen LogP contribution is -2.51. The maximum absolute atomic E-state index is 6.21. The summed E-state index contributed by atoms with van der Waals surface area (Å²) in [7, 11) is 0. The lowest BCUT2D eigenvalue weighted by atomic mass is 9.78. The van der Waals surface area contributed by atoms with Crippen LogP contribution in [0.1, 0.15) is 64.2 Å². The first-order chi connectivity index (χ1) is 9.31. The van der Waals surface area contributed by atoms with Gasteiger partial charge in [-0.25, -0.2) is 0 Å². The Morgan fingerprint density at radius 2 is 1.89 bits per heavy atom. The van der Waals surface area contributed by atoms with E-state index >= 15 is 0 Å². The number of hydrogen-bond donors (Lipinski definition) is 1. The van der Waals surface area contributed by atoms with E-state index < -0.39 is 0 Å². The fourth-order valence-electron chi connectivity index (χ4n) is 4.42. The average Bonchev–Trinajstić information content (AvgIpc) is 2.87. The Morgan fingerprint density at radius 3 is 2.68 bits per heavy atom. The zero-order valence-electron chi connectivity index (χ0n) is 12.3. The Kier molecular flexibility index (Phi) is 4.76. The molecule has 3 unspecified atom stereocenters. The van der Waals surface area contributed by atoms with Crippen LogP contribution in [0.5, 0.6) is 0 Å². The number of thioether (sulfide) groups is 1. The van der Waals surface area contributed by atoms with Gasteiger partial charge in [0.05, 0.1) is 5.60 Å². The lowest BCUT2D eigenvalue weighted by molar-refractivity contribution is -0.110. The first-order valence-corrected chi connectivity index (χ1v) is 9.53. The summed E-state index contributed by atoms with van der Waals surface area (Å²) in [6.07, 6.45) is 15.8. The zero-order valence-corrected chi connectivity index (χ0v) is 13.1. The van der Waals surface area contributed by atoms with E-state index in [1.54, 1.807) is 0 Å². The van der Waals surface area contributed by atoms with Gasteiger partial charge in [0.2, 0.25) is 0 Å². The van der Waals surface area contributed by atoms with Crippen molar-refractivity contribution in [2.24, 2.45) is 0 Å². The van der Waals surface area contributed by atoms with Crippen molar-refractivity contribution in [2.75, 3.05) is 12.9 Å². The first kappa shape index (κ1) is 14.2. The van der Waals surface area contributed by atoms with Crippen molar-refractivity contribution in [1.82, 2.24) is 5.32 Å². The molecule has 1 N–H and O–H groups in total. The minimum atomic E-state index is 0.252. The van der Waals surface area contributed by atoms with Gasteiger partial charge in [0, 0.05) is 23.9 Å². The van der Waals surface area contributed by atoms with Crippen molar-refractivity contribution in [3.05, 3.63) is 0 Å². The second-order valence-corrected chi connectivity index (χ2v) is 7.84. The summed E-state index contributed by atoms with van der Waals surface area (Å²) in [5.41, 5.74) is 0.252. The molecule has 2 nitrogen and oxygen atoms in total. The van der Waals surface area contributed by atoms with Crippen LogP contribution < -0.4 is 5.32 Å². The maximum Gasteiger partial charge on any atom is 0.0697 e. The van der Waals surface area contributed by atoms with Gasteiger partial charge in [-0.05, 0) is 44.8 Å². The highest BCUT2D eigenvalue weighted by Crippen LogP contribution is 2.39. The topological polar surface area (TPSA) is 21.3 Å². The van der Waals surface area contributed by atoms with Gasteiger partial charge in [0.1, 0.15) is 0 Å². The molecule has 1 spiro atoms. The largest absolute Gasteiger partial charge is 0.375 e. The first-order valence-electron chi connectivity index (χ1n) is 8.24. The van der Waals surface area contributed by atoms with E-state index in [2.05, 4.69) is 23.3 Å². The third-order valence-corrected chi connectivity index (χ3v) is 6.63. The summed E-state index contributed by atoms with van der Waals surface area (Å²) in [5.74, 6) is 0. The second kappa shape index (κ2) is 6.36. The molecule has 3 heteroatoms. The van der Waals surface area contributed by atoms with Gasteiger partial charge in [0.25, 0.3) is 0 Å². The van der Waals surface area contributed by atoms with Crippen LogP contribution in [0.3, 0.4) is 0 Å². The SMILES string of the molecule is CSC1CCCC1NC1CCOC2(CCCCC2)C1. The van der Waals surface area contributed by atoms with Crippen LogP contribution in [0.25, 0.3) is 0 Å². The van der Waals surface area contributed by atoms with Crippen LogP contribution in [-0.4, -0.2) is 35.8 Å². The molecule has 1 saturated heterocycles. The number of hydrogen-bond acceptors (Lipinski definition) is 3. The van der Waals surface area contributed by atoms with Gasteiger partial charge < -0.3 is 10.1 Å². The number of rotatable bonds is 3. The Bertz CT molecular complexity index is 285. The Morgan fingerprint density at radius 1 is 1.05 bits per heavy atom. The van der Waals surface area contributed by atoms with Crippen LogP contribution in [0, 0.1) is 0 Å². The monoisotopic (exact) mass is 283 g/mol. The van der Waals surface area contributed by atoms with Gasteiger partial charge in [0.15, 0.2) is 0 Å². The molecule has 2 saturated carbocycles. The molecule has 1 heterocycles. The van der Waals surface area contributed by atoms with Gasteiger partial charge in [-0.2, -0.15) is 11.8 Å². The minimum Gasteiger partial charge on any atom is -0.375 e. The predicted molar refractivity (Wildman–Crippen MR) is 82.9 cm³/mol. The molecular weight excluding hydrogens is 254 g/mol. The van der Waals surface area contributed by atoms with E-state index in [0.29, 0.717) is 6.04 Å². The van der Waals surface area contributed by atoms with Gasteiger partial charge >= 0.3 is 0 Å². The summed E-state index contributed by atoms with van der Waals surface area (Å²) < 4.78 is 6.21. The molecule has 0 radical (unpaired) electrons. The van der Waals surface area contributed by atoms with Crippen LogP contribution in [-0.2, 0) is 4.74 Å². The summed E-state index contributed by atoms with van der Waals surface area (Å²) in [6, 6.07) is 1.48. The highest BCUT2D eigenvalue weighted by Gasteiger charge is 2.39. The molecule has 0 aromatic heterocycles. The smallest absolute Gasteiger partial charge is 0.0697 e. The molecule has 3 atom stereocenters. The molecule has 0 aromatic carbocycles. The summed E-state index contributed by atoms with van der Waals surface area (Å²) in [4.78, 5) is 0. The van der Waals surface area contributed by atoms with Crippen molar-refractivity contribution in [1.29, 1.82) is 0 Å². The van der Waals surface area contributed by atoms with Gasteiger partial charge in [-0.15, -0.1) is 0 Å². The Hall–Kier alpha value is 0.270. The van der Waals surface area contributed by atoms with Crippen molar-refractivity contribution in [3.63, 3.8) is 0 Å². The molecule has 0 aromatic rings. The summed E-state index contributed by atoms with van der Waals surface area (Å²) in [5, 5.41) is 4.84. The predicted octanol–water partition coefficient (Wildman–Crippen LogP) is 3.74. The molecule has 3 aliphatic rings. The highest BCUT2D eigenvalue weighted by atomic mass is 32.2. The van der Waals surface area contributed by atoms with E-state index in [-0.39, 0.29) is 5.60 Å². The van der Waals surface area contributed by atoms with Crippen LogP contribution >= 0.6 is 11.8 Å². The molecule has 3 rings (SSSR count). The maximum atomic E-state index is 6.21. The highest BCUT2D eigenvalue weighted by molar-refractivity contribution is 7.99. The summed E-state index contributed by atoms with van der Waals surface area (Å²) >= 11 is 2.06. The molecular formula is C16H29NOS. The molecule has 0 amide bonds. The molecule has 1 aliphatic heterocycles. The summed E-state index contributed by atoms with van der Waals surface area (Å²) in [6.45, 7) is 0.980. The Labute approximate surface area is 122 Å². The van der Waals surface area contributed by atoms with E-state index in [4.69, 9.17) is 4.74 Å². The Balaban J connectivity index is 1.56. The van der Waals surface area contributed by atoms with E-state index in [1.807, 2.05) is 0 Å². The fourth-order valence-corrected chi connectivity index (χ4v) is 5.36. The standard InChI is InChI=1S/C16H29NOS/c1-19-15-7-5-6-14(15)17-13-8-11-18-16(12-13)9-3-2-4-10-16/h13-15,17H,2-12H2,1H3. The molecule has 110 valence electrons. The molecule has 2 aliphatic carbocycles. The number of nitrogens with one attached hydrogen (secondary N) is 1. The van der Waals surface area contributed by atoms with Crippen LogP contribution in [0.2, 0.25) is 0 Å².